The molecule has 1 unspecified atom stereocenters. The van der Waals surface area contributed by atoms with Gasteiger partial charge in [0, 0.05) is 44.5 Å². The highest BCUT2D eigenvalue weighted by Gasteiger charge is 2.19. The first-order valence-electron chi connectivity index (χ1n) is 6.87. The minimum absolute atomic E-state index is 0.275. The fraction of sp³-hybridized carbons (Fsp3) is 0.600. The van der Waals surface area contributed by atoms with Crippen molar-refractivity contribution in [2.45, 2.75) is 26.8 Å². The summed E-state index contributed by atoms with van der Waals surface area (Å²) in [6.07, 6.45) is 0. The van der Waals surface area contributed by atoms with Crippen molar-refractivity contribution in [1.29, 1.82) is 0 Å². The lowest BCUT2D eigenvalue weighted by Crippen LogP contribution is -2.49. The molecule has 18 heavy (non-hydrogen) atoms. The maximum Gasteiger partial charge on any atom is 0.0399 e. The minimum Gasteiger partial charge on any atom is -0.369 e. The van der Waals surface area contributed by atoms with Gasteiger partial charge < -0.3 is 10.6 Å². The molecule has 1 heterocycles. The summed E-state index contributed by atoms with van der Waals surface area (Å²) < 4.78 is 0. The van der Waals surface area contributed by atoms with Gasteiger partial charge in [0.15, 0.2) is 0 Å². The van der Waals surface area contributed by atoms with Gasteiger partial charge in [-0.2, -0.15) is 0 Å². The van der Waals surface area contributed by atoms with Crippen molar-refractivity contribution in [2.24, 2.45) is 5.73 Å². The van der Waals surface area contributed by atoms with Crippen molar-refractivity contribution in [3.8, 4) is 0 Å². The Balaban J connectivity index is 1.99. The second-order valence-corrected chi connectivity index (χ2v) is 5.48. The van der Waals surface area contributed by atoms with Crippen LogP contribution in [0.15, 0.2) is 18.2 Å². The molecule has 3 nitrogen and oxygen atoms in total. The molecule has 0 amide bonds. The quantitative estimate of drug-likeness (QED) is 0.883. The van der Waals surface area contributed by atoms with Gasteiger partial charge in [0.2, 0.25) is 0 Å². The van der Waals surface area contributed by atoms with Gasteiger partial charge in [-0.3, -0.25) is 4.90 Å². The highest BCUT2D eigenvalue weighted by atomic mass is 15.3. The van der Waals surface area contributed by atoms with Crippen LogP contribution in [0.5, 0.6) is 0 Å². The zero-order chi connectivity index (χ0) is 13.1. The first kappa shape index (κ1) is 13.4. The highest BCUT2D eigenvalue weighted by molar-refractivity contribution is 5.56. The van der Waals surface area contributed by atoms with E-state index in [-0.39, 0.29) is 6.04 Å². The molecule has 1 aromatic carbocycles. The standard InChI is InChI=1S/C15H25N3/c1-12-5-4-6-15(14(12)3)18-9-7-17(8-10-18)11-13(2)16/h4-6,13H,7-11,16H2,1-3H3. The fourth-order valence-corrected chi connectivity index (χ4v) is 2.66. The summed E-state index contributed by atoms with van der Waals surface area (Å²) in [7, 11) is 0. The molecule has 0 aromatic heterocycles. The molecule has 1 saturated heterocycles. The minimum atomic E-state index is 0.275. The third kappa shape index (κ3) is 3.03. The Labute approximate surface area is 111 Å². The van der Waals surface area contributed by atoms with E-state index in [0.717, 1.165) is 32.7 Å². The summed E-state index contributed by atoms with van der Waals surface area (Å²) >= 11 is 0. The number of benzene rings is 1. The molecular formula is C15H25N3. The van der Waals surface area contributed by atoms with Crippen molar-refractivity contribution in [3.05, 3.63) is 29.3 Å². The van der Waals surface area contributed by atoms with Crippen LogP contribution in [0.2, 0.25) is 0 Å². The van der Waals surface area contributed by atoms with Crippen LogP contribution in [0, 0.1) is 13.8 Å². The van der Waals surface area contributed by atoms with Crippen molar-refractivity contribution in [3.63, 3.8) is 0 Å². The van der Waals surface area contributed by atoms with Crippen LogP contribution >= 0.6 is 0 Å². The van der Waals surface area contributed by atoms with Gasteiger partial charge in [0.1, 0.15) is 0 Å². The Hall–Kier alpha value is -1.06. The monoisotopic (exact) mass is 247 g/mol. The van der Waals surface area contributed by atoms with Gasteiger partial charge in [0.05, 0.1) is 0 Å². The largest absolute Gasteiger partial charge is 0.369 e. The summed E-state index contributed by atoms with van der Waals surface area (Å²) in [6, 6.07) is 6.86. The zero-order valence-electron chi connectivity index (χ0n) is 11.8. The molecule has 1 atom stereocenters. The van der Waals surface area contributed by atoms with Crippen LogP contribution in [-0.4, -0.2) is 43.7 Å². The van der Waals surface area contributed by atoms with Crippen molar-refractivity contribution in [1.82, 2.24) is 4.90 Å². The molecule has 0 saturated carbocycles. The third-order valence-electron chi connectivity index (χ3n) is 3.84. The van der Waals surface area contributed by atoms with Gasteiger partial charge >= 0.3 is 0 Å². The number of hydrogen-bond donors (Lipinski definition) is 1. The fourth-order valence-electron chi connectivity index (χ4n) is 2.66. The van der Waals surface area contributed by atoms with Gasteiger partial charge in [0.25, 0.3) is 0 Å². The maximum atomic E-state index is 5.86. The molecule has 1 aliphatic rings. The number of nitrogens with two attached hydrogens (primary N) is 1. The maximum absolute atomic E-state index is 5.86. The smallest absolute Gasteiger partial charge is 0.0399 e. The van der Waals surface area contributed by atoms with Gasteiger partial charge in [-0.25, -0.2) is 0 Å². The number of aryl methyl sites for hydroxylation is 1. The molecule has 2 N–H and O–H groups in total. The summed E-state index contributed by atoms with van der Waals surface area (Å²) in [4.78, 5) is 4.96. The second-order valence-electron chi connectivity index (χ2n) is 5.48. The molecule has 0 aliphatic carbocycles. The average molecular weight is 247 g/mol. The van der Waals surface area contributed by atoms with Gasteiger partial charge in [-0.05, 0) is 38.0 Å². The Morgan fingerprint density at radius 1 is 1.17 bits per heavy atom. The van der Waals surface area contributed by atoms with E-state index in [0.29, 0.717) is 0 Å². The lowest BCUT2D eigenvalue weighted by atomic mass is 10.1. The number of anilines is 1. The predicted octanol–water partition coefficient (Wildman–Crippen LogP) is 1.77. The number of nitrogens with zero attached hydrogens (tertiary/aromatic N) is 2. The Morgan fingerprint density at radius 3 is 2.44 bits per heavy atom. The topological polar surface area (TPSA) is 32.5 Å². The van der Waals surface area contributed by atoms with Crippen molar-refractivity contribution >= 4 is 5.69 Å². The summed E-state index contributed by atoms with van der Waals surface area (Å²) in [5, 5.41) is 0. The Bertz CT molecular complexity index is 393. The summed E-state index contributed by atoms with van der Waals surface area (Å²) in [5.74, 6) is 0. The summed E-state index contributed by atoms with van der Waals surface area (Å²) in [6.45, 7) is 12.0. The Morgan fingerprint density at radius 2 is 1.83 bits per heavy atom. The zero-order valence-corrected chi connectivity index (χ0v) is 11.8. The van der Waals surface area contributed by atoms with Gasteiger partial charge in [-0.15, -0.1) is 0 Å². The van der Waals surface area contributed by atoms with E-state index in [1.54, 1.807) is 0 Å². The normalized spacial score (nSPS) is 19.0. The number of hydrogen-bond acceptors (Lipinski definition) is 3. The molecule has 0 spiro atoms. The molecule has 1 aliphatic heterocycles. The van der Waals surface area contributed by atoms with Crippen LogP contribution in [0.4, 0.5) is 5.69 Å². The molecule has 3 heteroatoms. The Kier molecular flexibility index (Phi) is 4.25. The first-order valence-corrected chi connectivity index (χ1v) is 6.87. The van der Waals surface area contributed by atoms with E-state index in [4.69, 9.17) is 5.73 Å². The first-order chi connectivity index (χ1) is 8.58. The lowest BCUT2D eigenvalue weighted by Gasteiger charge is -2.37. The third-order valence-corrected chi connectivity index (χ3v) is 3.84. The number of rotatable bonds is 3. The van der Waals surface area contributed by atoms with E-state index < -0.39 is 0 Å². The van der Waals surface area contributed by atoms with Crippen LogP contribution < -0.4 is 10.6 Å². The summed E-state index contributed by atoms with van der Waals surface area (Å²) in [5.41, 5.74) is 10.1. The van der Waals surface area contributed by atoms with E-state index in [1.807, 2.05) is 0 Å². The average Bonchev–Trinajstić information content (AvgIpc) is 2.33. The molecule has 1 aromatic rings. The van der Waals surface area contributed by atoms with Crippen molar-refractivity contribution in [2.75, 3.05) is 37.6 Å². The van der Waals surface area contributed by atoms with Crippen LogP contribution in [-0.2, 0) is 0 Å². The van der Waals surface area contributed by atoms with E-state index in [1.165, 1.54) is 16.8 Å². The molecule has 100 valence electrons. The van der Waals surface area contributed by atoms with Crippen LogP contribution in [0.3, 0.4) is 0 Å². The highest BCUT2D eigenvalue weighted by Crippen LogP contribution is 2.23. The molecule has 0 bridgehead atoms. The van der Waals surface area contributed by atoms with Crippen molar-refractivity contribution < 1.29 is 0 Å². The van der Waals surface area contributed by atoms with E-state index in [9.17, 15) is 0 Å². The lowest BCUT2D eigenvalue weighted by molar-refractivity contribution is 0.246. The molecule has 0 radical (unpaired) electrons. The van der Waals surface area contributed by atoms with E-state index >= 15 is 0 Å². The predicted molar refractivity (Wildman–Crippen MR) is 78.2 cm³/mol. The number of piperazine rings is 1. The second kappa shape index (κ2) is 5.72. The molecule has 1 fully saturated rings. The van der Waals surface area contributed by atoms with Crippen LogP contribution in [0.1, 0.15) is 18.1 Å². The van der Waals surface area contributed by atoms with Gasteiger partial charge in [-0.1, -0.05) is 12.1 Å². The molecular weight excluding hydrogens is 222 g/mol. The molecule has 2 rings (SSSR count). The SMILES string of the molecule is Cc1cccc(N2CCN(CC(C)N)CC2)c1C. The van der Waals surface area contributed by atoms with E-state index in [2.05, 4.69) is 48.8 Å². The van der Waals surface area contributed by atoms with Crippen LogP contribution in [0.25, 0.3) is 0 Å².